The Kier molecular flexibility index (Phi) is 3.46. The van der Waals surface area contributed by atoms with Crippen LogP contribution in [0.25, 0.3) is 10.8 Å². The lowest BCUT2D eigenvalue weighted by molar-refractivity contribution is 1.33. The van der Waals surface area contributed by atoms with Gasteiger partial charge in [-0.2, -0.15) is 5.26 Å². The number of benzene rings is 2. The molecule has 0 spiro atoms. The summed E-state index contributed by atoms with van der Waals surface area (Å²) >= 11 is 3.45. The quantitative estimate of drug-likeness (QED) is 0.687. The first-order valence-corrected chi connectivity index (χ1v) is 7.07. The van der Waals surface area contributed by atoms with Crippen LogP contribution in [-0.4, -0.2) is 4.98 Å². The second kappa shape index (κ2) is 5.43. The number of nitrogen functional groups attached to an aromatic ring is 1. The number of hydrogen-bond donors (Lipinski definition) is 2. The highest BCUT2D eigenvalue weighted by Gasteiger charge is 2.07. The molecule has 0 aliphatic carbocycles. The molecule has 3 aromatic rings. The summed E-state index contributed by atoms with van der Waals surface area (Å²) in [5, 5.41) is 14.1. The third-order valence-corrected chi connectivity index (χ3v) is 3.59. The van der Waals surface area contributed by atoms with Gasteiger partial charge in [0.25, 0.3) is 0 Å². The molecule has 0 aliphatic rings. The van der Waals surface area contributed by atoms with Crippen molar-refractivity contribution in [3.63, 3.8) is 0 Å². The Morgan fingerprint density at radius 3 is 2.81 bits per heavy atom. The molecule has 0 fully saturated rings. The number of aromatic nitrogens is 1. The lowest BCUT2D eigenvalue weighted by Crippen LogP contribution is -1.96. The normalized spacial score (nSPS) is 10.3. The fourth-order valence-electron chi connectivity index (χ4n) is 2.18. The average Bonchev–Trinajstić information content (AvgIpc) is 2.48. The highest BCUT2D eigenvalue weighted by Crippen LogP contribution is 2.31. The van der Waals surface area contributed by atoms with Crippen molar-refractivity contribution in [2.24, 2.45) is 0 Å². The number of nitrogens with one attached hydrogen (secondary N) is 1. The Balaban J connectivity index is 2.10. The summed E-state index contributed by atoms with van der Waals surface area (Å²) in [4.78, 5) is 4.37. The number of pyridine rings is 1. The molecule has 0 atom stereocenters. The van der Waals surface area contributed by atoms with Gasteiger partial charge in [-0.1, -0.05) is 22.0 Å². The number of nitrogens with two attached hydrogens (primary N) is 1. The second-order valence-corrected chi connectivity index (χ2v) is 5.48. The largest absolute Gasteiger partial charge is 0.398 e. The van der Waals surface area contributed by atoms with Gasteiger partial charge < -0.3 is 11.1 Å². The van der Waals surface area contributed by atoms with Crippen LogP contribution in [0.2, 0.25) is 0 Å². The maximum absolute atomic E-state index is 8.96. The summed E-state index contributed by atoms with van der Waals surface area (Å²) in [6.45, 7) is 0. The molecule has 0 amide bonds. The average molecular weight is 339 g/mol. The Morgan fingerprint density at radius 1 is 1.14 bits per heavy atom. The molecule has 0 radical (unpaired) electrons. The third kappa shape index (κ3) is 2.67. The zero-order chi connectivity index (χ0) is 14.8. The molecule has 0 unspecified atom stereocenters. The van der Waals surface area contributed by atoms with Crippen molar-refractivity contribution in [3.8, 4) is 6.07 Å². The Labute approximate surface area is 130 Å². The predicted molar refractivity (Wildman–Crippen MR) is 88.3 cm³/mol. The van der Waals surface area contributed by atoms with Crippen molar-refractivity contribution >= 4 is 43.9 Å². The van der Waals surface area contributed by atoms with E-state index in [4.69, 9.17) is 11.0 Å². The SMILES string of the molecule is N#Cc1cccc(Nc2nccc3c(N)cc(Br)cc23)c1. The summed E-state index contributed by atoms with van der Waals surface area (Å²) < 4.78 is 0.898. The minimum Gasteiger partial charge on any atom is -0.398 e. The molecular formula is C16H11BrN4. The predicted octanol–water partition coefficient (Wildman–Crippen LogP) is 4.19. The van der Waals surface area contributed by atoms with Crippen molar-refractivity contribution in [3.05, 3.63) is 58.7 Å². The van der Waals surface area contributed by atoms with Crippen molar-refractivity contribution in [2.45, 2.75) is 0 Å². The van der Waals surface area contributed by atoms with Gasteiger partial charge in [0.2, 0.25) is 0 Å². The van der Waals surface area contributed by atoms with Gasteiger partial charge in [0.05, 0.1) is 11.6 Å². The van der Waals surface area contributed by atoms with Gasteiger partial charge in [0.1, 0.15) is 5.82 Å². The van der Waals surface area contributed by atoms with Crippen LogP contribution in [0.15, 0.2) is 53.1 Å². The maximum atomic E-state index is 8.96. The molecule has 3 rings (SSSR count). The monoisotopic (exact) mass is 338 g/mol. The van der Waals surface area contributed by atoms with Gasteiger partial charge in [0.15, 0.2) is 0 Å². The molecule has 21 heavy (non-hydrogen) atoms. The van der Waals surface area contributed by atoms with E-state index < -0.39 is 0 Å². The van der Waals surface area contributed by atoms with Gasteiger partial charge in [0, 0.05) is 32.8 Å². The van der Waals surface area contributed by atoms with Gasteiger partial charge in [-0.25, -0.2) is 4.98 Å². The molecule has 1 heterocycles. The van der Waals surface area contributed by atoms with Crippen molar-refractivity contribution in [1.82, 2.24) is 4.98 Å². The summed E-state index contributed by atoms with van der Waals surface area (Å²) in [5.41, 5.74) is 8.14. The smallest absolute Gasteiger partial charge is 0.138 e. The third-order valence-electron chi connectivity index (χ3n) is 3.13. The van der Waals surface area contributed by atoms with Crippen molar-refractivity contribution < 1.29 is 0 Å². The highest BCUT2D eigenvalue weighted by atomic mass is 79.9. The highest BCUT2D eigenvalue weighted by molar-refractivity contribution is 9.10. The molecule has 2 aromatic carbocycles. The number of nitrogens with zero attached hydrogens (tertiary/aromatic N) is 2. The van der Waals surface area contributed by atoms with E-state index in [1.54, 1.807) is 18.3 Å². The van der Waals surface area contributed by atoms with Crippen LogP contribution < -0.4 is 11.1 Å². The standard InChI is InChI=1S/C16H11BrN4/c17-11-7-14-13(15(19)8-11)4-5-20-16(14)21-12-3-1-2-10(6-12)9-18/h1-8H,19H2,(H,20,21). The van der Waals surface area contributed by atoms with Crippen LogP contribution in [0.4, 0.5) is 17.2 Å². The molecule has 0 saturated carbocycles. The van der Waals surface area contributed by atoms with Crippen LogP contribution in [0.3, 0.4) is 0 Å². The Hall–Kier alpha value is -2.58. The number of halogens is 1. The van der Waals surface area contributed by atoms with Gasteiger partial charge in [-0.3, -0.25) is 0 Å². The van der Waals surface area contributed by atoms with E-state index in [0.717, 1.165) is 20.9 Å². The van der Waals surface area contributed by atoms with E-state index in [-0.39, 0.29) is 0 Å². The van der Waals surface area contributed by atoms with E-state index >= 15 is 0 Å². The Bertz CT molecular complexity index is 868. The molecule has 1 aromatic heterocycles. The molecular weight excluding hydrogens is 328 g/mol. The van der Waals surface area contributed by atoms with Crippen LogP contribution in [-0.2, 0) is 0 Å². The lowest BCUT2D eigenvalue weighted by atomic mass is 10.1. The van der Waals surface area contributed by atoms with Crippen molar-refractivity contribution in [1.29, 1.82) is 5.26 Å². The van der Waals surface area contributed by atoms with Gasteiger partial charge in [-0.05, 0) is 36.4 Å². The van der Waals surface area contributed by atoms with E-state index in [1.807, 2.05) is 30.3 Å². The first-order valence-electron chi connectivity index (χ1n) is 6.28. The van der Waals surface area contributed by atoms with Crippen LogP contribution in [0.1, 0.15) is 5.56 Å². The van der Waals surface area contributed by atoms with Crippen molar-refractivity contribution in [2.75, 3.05) is 11.1 Å². The molecule has 4 nitrogen and oxygen atoms in total. The number of nitriles is 1. The summed E-state index contributed by atoms with van der Waals surface area (Å²) in [6, 6.07) is 15.1. The van der Waals surface area contributed by atoms with E-state index in [9.17, 15) is 0 Å². The number of fused-ring (bicyclic) bond motifs is 1. The molecule has 5 heteroatoms. The fourth-order valence-corrected chi connectivity index (χ4v) is 2.66. The Morgan fingerprint density at radius 2 is 2.00 bits per heavy atom. The van der Waals surface area contributed by atoms with E-state index in [1.165, 1.54) is 0 Å². The topological polar surface area (TPSA) is 74.7 Å². The maximum Gasteiger partial charge on any atom is 0.138 e. The van der Waals surface area contributed by atoms with Gasteiger partial charge in [-0.15, -0.1) is 0 Å². The first-order chi connectivity index (χ1) is 10.2. The molecule has 0 saturated heterocycles. The number of hydrogen-bond acceptors (Lipinski definition) is 4. The number of rotatable bonds is 2. The first kappa shape index (κ1) is 13.4. The minimum absolute atomic E-state index is 0.598. The molecule has 102 valence electrons. The van der Waals surface area contributed by atoms with Crippen LogP contribution >= 0.6 is 15.9 Å². The summed E-state index contributed by atoms with van der Waals surface area (Å²) in [5.74, 6) is 0.704. The van der Waals surface area contributed by atoms with Crippen LogP contribution in [0.5, 0.6) is 0 Å². The molecule has 0 bridgehead atoms. The van der Waals surface area contributed by atoms with E-state index in [2.05, 4.69) is 32.3 Å². The van der Waals surface area contributed by atoms with E-state index in [0.29, 0.717) is 17.1 Å². The molecule has 3 N–H and O–H groups in total. The minimum atomic E-state index is 0.598. The summed E-state index contributed by atoms with van der Waals surface area (Å²) in [6.07, 6.45) is 1.71. The zero-order valence-electron chi connectivity index (χ0n) is 11.0. The zero-order valence-corrected chi connectivity index (χ0v) is 12.6. The second-order valence-electron chi connectivity index (χ2n) is 4.57. The fraction of sp³-hybridized carbons (Fsp3) is 0. The van der Waals surface area contributed by atoms with Crippen LogP contribution in [0, 0.1) is 11.3 Å². The van der Waals surface area contributed by atoms with Gasteiger partial charge >= 0.3 is 0 Å². The number of anilines is 3. The molecule has 0 aliphatic heterocycles. The lowest BCUT2D eigenvalue weighted by Gasteiger charge is -2.10. The summed E-state index contributed by atoms with van der Waals surface area (Å²) in [7, 11) is 0.